The van der Waals surface area contributed by atoms with E-state index in [1.54, 1.807) is 30.3 Å². The minimum Gasteiger partial charge on any atom is -0.304 e. The van der Waals surface area contributed by atoms with Gasteiger partial charge in [0.2, 0.25) is 10.0 Å². The van der Waals surface area contributed by atoms with Crippen LogP contribution in [0.15, 0.2) is 66.7 Å². The molecule has 3 aromatic rings. The average molecular weight is 528 g/mol. The van der Waals surface area contributed by atoms with E-state index in [0.29, 0.717) is 11.3 Å². The largest absolute Gasteiger partial charge is 0.433 e. The quantitative estimate of drug-likeness (QED) is 0.250. The van der Waals surface area contributed by atoms with Crippen LogP contribution in [-0.4, -0.2) is 25.6 Å². The standard InChI is InChI=1S/C23H18ClF4N3O3S/c1-35(33,34)30-19-10-7-15(13-18(19)25)14-31(17-5-3-2-4-6-17)21(32)12-9-16-8-11-20(23(26,27)28)29-22(16)24/h2-13,30H,14H2,1H3. The summed E-state index contributed by atoms with van der Waals surface area (Å²) in [5, 5.41) is -0.425. The zero-order valence-corrected chi connectivity index (χ0v) is 19.6. The van der Waals surface area contributed by atoms with Gasteiger partial charge in [-0.3, -0.25) is 9.52 Å². The monoisotopic (exact) mass is 527 g/mol. The molecule has 0 atom stereocenters. The molecule has 1 N–H and O–H groups in total. The van der Waals surface area contributed by atoms with Gasteiger partial charge >= 0.3 is 6.18 Å². The lowest BCUT2D eigenvalue weighted by Crippen LogP contribution is -2.28. The zero-order valence-electron chi connectivity index (χ0n) is 18.1. The molecule has 184 valence electrons. The van der Waals surface area contributed by atoms with Crippen molar-refractivity contribution >= 4 is 45.0 Å². The Morgan fingerprint density at radius 1 is 1.11 bits per heavy atom. The van der Waals surface area contributed by atoms with Gasteiger partial charge < -0.3 is 4.90 Å². The number of pyridine rings is 1. The highest BCUT2D eigenvalue weighted by molar-refractivity contribution is 7.92. The van der Waals surface area contributed by atoms with E-state index in [1.807, 2.05) is 0 Å². The van der Waals surface area contributed by atoms with Crippen LogP contribution in [-0.2, 0) is 27.5 Å². The molecule has 1 amide bonds. The van der Waals surface area contributed by atoms with Crippen LogP contribution in [0, 0.1) is 5.82 Å². The van der Waals surface area contributed by atoms with Gasteiger partial charge in [-0.25, -0.2) is 17.8 Å². The van der Waals surface area contributed by atoms with E-state index in [2.05, 4.69) is 9.71 Å². The van der Waals surface area contributed by atoms with Crippen LogP contribution in [0.2, 0.25) is 5.15 Å². The smallest absolute Gasteiger partial charge is 0.304 e. The summed E-state index contributed by atoms with van der Waals surface area (Å²) in [7, 11) is -3.68. The van der Waals surface area contributed by atoms with Gasteiger partial charge in [-0.05, 0) is 48.0 Å². The fraction of sp³-hybridized carbons (Fsp3) is 0.130. The Labute approximate surface area is 203 Å². The normalized spacial score (nSPS) is 12.1. The number of benzene rings is 2. The number of nitrogens with one attached hydrogen (secondary N) is 1. The second-order valence-electron chi connectivity index (χ2n) is 7.36. The molecule has 3 rings (SSSR count). The molecule has 0 saturated heterocycles. The molecule has 35 heavy (non-hydrogen) atoms. The van der Waals surface area contributed by atoms with Crippen molar-refractivity contribution in [3.63, 3.8) is 0 Å². The lowest BCUT2D eigenvalue weighted by Gasteiger charge is -2.22. The Bertz CT molecular complexity index is 1360. The molecule has 2 aromatic carbocycles. The number of nitrogens with zero attached hydrogens (tertiary/aromatic N) is 2. The first kappa shape index (κ1) is 26.2. The second-order valence-corrected chi connectivity index (χ2v) is 9.46. The molecule has 0 aliphatic rings. The maximum Gasteiger partial charge on any atom is 0.433 e. The third-order valence-corrected chi connectivity index (χ3v) is 5.47. The minimum atomic E-state index is -4.66. The third-order valence-electron chi connectivity index (χ3n) is 4.58. The molecule has 0 unspecified atom stereocenters. The molecule has 1 heterocycles. The number of alkyl halides is 3. The van der Waals surface area contributed by atoms with Crippen LogP contribution in [0.4, 0.5) is 28.9 Å². The maximum atomic E-state index is 14.4. The van der Waals surface area contributed by atoms with Crippen LogP contribution in [0.25, 0.3) is 6.08 Å². The number of carbonyl (C=O) groups is 1. The minimum absolute atomic E-state index is 0.0811. The number of anilines is 2. The fourth-order valence-corrected chi connectivity index (χ4v) is 3.79. The summed E-state index contributed by atoms with van der Waals surface area (Å²) in [5.41, 5.74) is -0.465. The first-order valence-corrected chi connectivity index (χ1v) is 12.1. The predicted octanol–water partition coefficient (Wildman–Crippen LogP) is 5.51. The Morgan fingerprint density at radius 3 is 2.37 bits per heavy atom. The van der Waals surface area contributed by atoms with Gasteiger partial charge in [-0.1, -0.05) is 35.9 Å². The number of carbonyl (C=O) groups excluding carboxylic acids is 1. The number of hydrogen-bond donors (Lipinski definition) is 1. The molecule has 0 saturated carbocycles. The maximum absolute atomic E-state index is 14.4. The van der Waals surface area contributed by atoms with Gasteiger partial charge in [0.1, 0.15) is 16.7 Å². The highest BCUT2D eigenvalue weighted by Crippen LogP contribution is 2.30. The SMILES string of the molecule is CS(=O)(=O)Nc1ccc(CN(C(=O)C=Cc2ccc(C(F)(F)F)nc2Cl)c2ccccc2)cc1F. The first-order valence-electron chi connectivity index (χ1n) is 9.88. The summed E-state index contributed by atoms with van der Waals surface area (Å²) in [6, 6.07) is 14.0. The Balaban J connectivity index is 1.87. The van der Waals surface area contributed by atoms with Crippen molar-refractivity contribution < 1.29 is 30.8 Å². The number of aromatic nitrogens is 1. The van der Waals surface area contributed by atoms with Crippen LogP contribution < -0.4 is 9.62 Å². The molecule has 6 nitrogen and oxygen atoms in total. The molecule has 1 aromatic heterocycles. The first-order chi connectivity index (χ1) is 16.3. The zero-order chi connectivity index (χ0) is 25.8. The molecule has 0 aliphatic heterocycles. The van der Waals surface area contributed by atoms with Gasteiger partial charge in [-0.15, -0.1) is 0 Å². The number of para-hydroxylation sites is 1. The number of hydrogen-bond acceptors (Lipinski definition) is 4. The summed E-state index contributed by atoms with van der Waals surface area (Å²) < 4.78 is 77.6. The predicted molar refractivity (Wildman–Crippen MR) is 126 cm³/mol. The highest BCUT2D eigenvalue weighted by atomic mass is 35.5. The molecule has 12 heteroatoms. The van der Waals surface area contributed by atoms with E-state index < -0.39 is 38.8 Å². The molecule has 0 aliphatic carbocycles. The Kier molecular flexibility index (Phi) is 7.81. The second kappa shape index (κ2) is 10.4. The summed E-state index contributed by atoms with van der Waals surface area (Å²) in [4.78, 5) is 17.6. The van der Waals surface area contributed by atoms with Gasteiger partial charge in [0.25, 0.3) is 5.91 Å². The lowest BCUT2D eigenvalue weighted by atomic mass is 10.1. The van der Waals surface area contributed by atoms with Crippen molar-refractivity contribution in [3.05, 3.63) is 94.5 Å². The van der Waals surface area contributed by atoms with Gasteiger partial charge in [0.15, 0.2) is 0 Å². The molecule has 0 radical (unpaired) electrons. The average Bonchev–Trinajstić information content (AvgIpc) is 2.77. The Morgan fingerprint density at radius 2 is 1.80 bits per heavy atom. The molecule has 0 bridgehead atoms. The Hall–Kier alpha value is -3.44. The number of rotatable bonds is 7. The van der Waals surface area contributed by atoms with E-state index >= 15 is 0 Å². The molecule has 0 fully saturated rings. The number of halogens is 5. The van der Waals surface area contributed by atoms with E-state index in [0.717, 1.165) is 30.5 Å². The summed E-state index contributed by atoms with van der Waals surface area (Å²) in [6.45, 7) is -0.0811. The van der Waals surface area contributed by atoms with Crippen molar-refractivity contribution in [2.24, 2.45) is 0 Å². The van der Waals surface area contributed by atoms with E-state index in [-0.39, 0.29) is 17.8 Å². The van der Waals surface area contributed by atoms with E-state index in [9.17, 15) is 30.8 Å². The van der Waals surface area contributed by atoms with Crippen LogP contribution in [0.5, 0.6) is 0 Å². The van der Waals surface area contributed by atoms with Gasteiger partial charge in [0.05, 0.1) is 18.5 Å². The summed E-state index contributed by atoms with van der Waals surface area (Å²) >= 11 is 5.85. The topological polar surface area (TPSA) is 79.4 Å². The molecular formula is C23H18ClF4N3O3S. The van der Waals surface area contributed by atoms with Crippen LogP contribution in [0.3, 0.4) is 0 Å². The third kappa shape index (κ3) is 7.27. The van der Waals surface area contributed by atoms with Crippen molar-refractivity contribution in [1.82, 2.24) is 4.98 Å². The van der Waals surface area contributed by atoms with Crippen molar-refractivity contribution in [1.29, 1.82) is 0 Å². The number of sulfonamides is 1. The number of amides is 1. The highest BCUT2D eigenvalue weighted by Gasteiger charge is 2.32. The van der Waals surface area contributed by atoms with Gasteiger partial charge in [-0.2, -0.15) is 13.2 Å². The molecule has 0 spiro atoms. The lowest BCUT2D eigenvalue weighted by molar-refractivity contribution is -0.141. The van der Waals surface area contributed by atoms with E-state index in [1.165, 1.54) is 23.1 Å². The fourth-order valence-electron chi connectivity index (χ4n) is 3.00. The summed E-state index contributed by atoms with van der Waals surface area (Å²) in [5.74, 6) is -1.39. The van der Waals surface area contributed by atoms with Crippen LogP contribution in [0.1, 0.15) is 16.8 Å². The van der Waals surface area contributed by atoms with Crippen LogP contribution >= 0.6 is 11.6 Å². The van der Waals surface area contributed by atoms with Crippen molar-refractivity contribution in [2.75, 3.05) is 15.9 Å². The summed E-state index contributed by atoms with van der Waals surface area (Å²) in [6.07, 6.45) is -1.43. The van der Waals surface area contributed by atoms with Crippen molar-refractivity contribution in [2.45, 2.75) is 12.7 Å². The molecular weight excluding hydrogens is 510 g/mol. The van der Waals surface area contributed by atoms with Crippen molar-refractivity contribution in [3.8, 4) is 0 Å². The van der Waals surface area contributed by atoms with Gasteiger partial charge in [0, 0.05) is 17.3 Å². The van der Waals surface area contributed by atoms with E-state index in [4.69, 9.17) is 11.6 Å².